The molecule has 120 valence electrons. The minimum atomic E-state index is -1.05. The Morgan fingerprint density at radius 2 is 1.74 bits per heavy atom. The fourth-order valence-electron chi connectivity index (χ4n) is 2.37. The Bertz CT molecular complexity index is 695. The lowest BCUT2D eigenvalue weighted by Crippen LogP contribution is -2.33. The van der Waals surface area contributed by atoms with Gasteiger partial charge in [-0.15, -0.1) is 0 Å². The Balaban J connectivity index is 2.02. The van der Waals surface area contributed by atoms with Crippen molar-refractivity contribution in [2.24, 2.45) is 0 Å². The number of carboxylic acids is 1. The van der Waals surface area contributed by atoms with Crippen molar-refractivity contribution in [3.8, 4) is 0 Å². The van der Waals surface area contributed by atoms with E-state index >= 15 is 0 Å². The first-order chi connectivity index (χ1) is 11.0. The minimum Gasteiger partial charge on any atom is -0.479 e. The van der Waals surface area contributed by atoms with Crippen molar-refractivity contribution in [2.75, 3.05) is 0 Å². The highest BCUT2D eigenvalue weighted by molar-refractivity contribution is 5.84. The highest BCUT2D eigenvalue weighted by Gasteiger charge is 2.22. The maximum absolute atomic E-state index is 12.1. The SMILES string of the molecule is Cc1ccc(C(NC(=O)CCc2ccccc2)C(=O)O)cc1C. The predicted octanol–water partition coefficient (Wildman–Crippen LogP) is 3.18. The number of benzene rings is 2. The maximum Gasteiger partial charge on any atom is 0.330 e. The normalized spacial score (nSPS) is 11.7. The summed E-state index contributed by atoms with van der Waals surface area (Å²) in [6.07, 6.45) is 0.852. The molecular formula is C19H21NO3. The Kier molecular flexibility index (Phi) is 5.52. The van der Waals surface area contributed by atoms with E-state index in [-0.39, 0.29) is 12.3 Å². The van der Waals surface area contributed by atoms with E-state index in [9.17, 15) is 14.7 Å². The number of nitrogens with one attached hydrogen (secondary N) is 1. The summed E-state index contributed by atoms with van der Waals surface area (Å²) in [4.78, 5) is 23.6. The first kappa shape index (κ1) is 16.7. The van der Waals surface area contributed by atoms with Crippen molar-refractivity contribution >= 4 is 11.9 Å². The number of amides is 1. The lowest BCUT2D eigenvalue weighted by Gasteiger charge is -2.16. The molecule has 0 aliphatic heterocycles. The highest BCUT2D eigenvalue weighted by atomic mass is 16.4. The van der Waals surface area contributed by atoms with Gasteiger partial charge in [-0.2, -0.15) is 0 Å². The fraction of sp³-hybridized carbons (Fsp3) is 0.263. The second-order valence-corrected chi connectivity index (χ2v) is 5.67. The zero-order chi connectivity index (χ0) is 16.8. The van der Waals surface area contributed by atoms with Gasteiger partial charge < -0.3 is 10.4 Å². The molecule has 0 radical (unpaired) electrons. The van der Waals surface area contributed by atoms with Crippen LogP contribution in [-0.4, -0.2) is 17.0 Å². The van der Waals surface area contributed by atoms with Crippen LogP contribution in [0.15, 0.2) is 48.5 Å². The van der Waals surface area contributed by atoms with Gasteiger partial charge >= 0.3 is 5.97 Å². The van der Waals surface area contributed by atoms with Gasteiger partial charge in [0.15, 0.2) is 6.04 Å². The van der Waals surface area contributed by atoms with Crippen LogP contribution in [0.2, 0.25) is 0 Å². The van der Waals surface area contributed by atoms with E-state index < -0.39 is 12.0 Å². The summed E-state index contributed by atoms with van der Waals surface area (Å²) in [5.41, 5.74) is 3.75. The van der Waals surface area contributed by atoms with E-state index in [0.29, 0.717) is 12.0 Å². The summed E-state index contributed by atoms with van der Waals surface area (Å²) < 4.78 is 0. The third kappa shape index (κ3) is 4.68. The minimum absolute atomic E-state index is 0.263. The Morgan fingerprint density at radius 1 is 1.04 bits per heavy atom. The van der Waals surface area contributed by atoms with Crippen LogP contribution in [0.1, 0.15) is 34.7 Å². The topological polar surface area (TPSA) is 66.4 Å². The van der Waals surface area contributed by atoms with Crippen molar-refractivity contribution in [2.45, 2.75) is 32.7 Å². The summed E-state index contributed by atoms with van der Waals surface area (Å²) in [6, 6.07) is 14.1. The van der Waals surface area contributed by atoms with Crippen LogP contribution in [-0.2, 0) is 16.0 Å². The van der Waals surface area contributed by atoms with Gasteiger partial charge in [-0.05, 0) is 42.5 Å². The summed E-state index contributed by atoms with van der Waals surface area (Å²) >= 11 is 0. The van der Waals surface area contributed by atoms with E-state index in [1.54, 1.807) is 6.07 Å². The number of carbonyl (C=O) groups excluding carboxylic acids is 1. The molecule has 2 aromatic rings. The lowest BCUT2D eigenvalue weighted by atomic mass is 10.0. The van der Waals surface area contributed by atoms with Crippen LogP contribution < -0.4 is 5.32 Å². The third-order valence-corrected chi connectivity index (χ3v) is 3.90. The molecule has 1 amide bonds. The molecule has 0 aliphatic carbocycles. The third-order valence-electron chi connectivity index (χ3n) is 3.90. The van der Waals surface area contributed by atoms with Crippen LogP contribution in [0.3, 0.4) is 0 Å². The van der Waals surface area contributed by atoms with Crippen molar-refractivity contribution < 1.29 is 14.7 Å². The molecule has 0 aromatic heterocycles. The molecule has 0 aliphatic rings. The standard InChI is InChI=1S/C19H21NO3/c1-13-8-10-16(12-14(13)2)18(19(22)23)20-17(21)11-9-15-6-4-3-5-7-15/h3-8,10,12,18H,9,11H2,1-2H3,(H,20,21)(H,22,23). The molecule has 2 aromatic carbocycles. The van der Waals surface area contributed by atoms with Gasteiger partial charge in [0.25, 0.3) is 0 Å². The van der Waals surface area contributed by atoms with Crippen LogP contribution in [0.25, 0.3) is 0 Å². The maximum atomic E-state index is 12.1. The molecule has 23 heavy (non-hydrogen) atoms. The summed E-state index contributed by atoms with van der Waals surface area (Å²) in [5, 5.41) is 12.0. The van der Waals surface area contributed by atoms with Crippen molar-refractivity contribution in [3.05, 3.63) is 70.8 Å². The van der Waals surface area contributed by atoms with Crippen molar-refractivity contribution in [3.63, 3.8) is 0 Å². The first-order valence-corrected chi connectivity index (χ1v) is 7.60. The molecule has 4 heteroatoms. The number of hydrogen-bond donors (Lipinski definition) is 2. The smallest absolute Gasteiger partial charge is 0.330 e. The Hall–Kier alpha value is -2.62. The molecule has 2 rings (SSSR count). The molecule has 1 unspecified atom stereocenters. The van der Waals surface area contributed by atoms with Crippen molar-refractivity contribution in [1.82, 2.24) is 5.32 Å². The molecular weight excluding hydrogens is 290 g/mol. The molecule has 0 saturated carbocycles. The van der Waals surface area contributed by atoms with Gasteiger partial charge in [0.2, 0.25) is 5.91 Å². The fourth-order valence-corrected chi connectivity index (χ4v) is 2.37. The van der Waals surface area contributed by atoms with E-state index in [2.05, 4.69) is 5.32 Å². The number of rotatable bonds is 6. The molecule has 0 spiro atoms. The summed E-state index contributed by atoms with van der Waals surface area (Å²) in [7, 11) is 0. The molecule has 0 bridgehead atoms. The van der Waals surface area contributed by atoms with Gasteiger partial charge in [-0.3, -0.25) is 4.79 Å². The zero-order valence-electron chi connectivity index (χ0n) is 13.4. The van der Waals surface area contributed by atoms with E-state index in [1.807, 2.05) is 56.3 Å². The Morgan fingerprint density at radius 3 is 2.35 bits per heavy atom. The van der Waals surface area contributed by atoms with Gasteiger partial charge in [-0.1, -0.05) is 48.5 Å². The van der Waals surface area contributed by atoms with E-state index in [1.165, 1.54) is 0 Å². The van der Waals surface area contributed by atoms with Crippen molar-refractivity contribution in [1.29, 1.82) is 0 Å². The number of aliphatic carboxylic acids is 1. The van der Waals surface area contributed by atoms with E-state index in [0.717, 1.165) is 16.7 Å². The van der Waals surface area contributed by atoms with Crippen LogP contribution in [0.5, 0.6) is 0 Å². The molecule has 0 heterocycles. The van der Waals surface area contributed by atoms with Gasteiger partial charge in [0.1, 0.15) is 0 Å². The van der Waals surface area contributed by atoms with E-state index in [4.69, 9.17) is 0 Å². The van der Waals surface area contributed by atoms with Gasteiger partial charge in [0.05, 0.1) is 0 Å². The molecule has 4 nitrogen and oxygen atoms in total. The summed E-state index contributed by atoms with van der Waals surface area (Å²) in [5.74, 6) is -1.32. The monoisotopic (exact) mass is 311 g/mol. The average Bonchev–Trinajstić information content (AvgIpc) is 2.54. The van der Waals surface area contributed by atoms with Gasteiger partial charge in [-0.25, -0.2) is 4.79 Å². The summed E-state index contributed by atoms with van der Waals surface area (Å²) in [6.45, 7) is 3.89. The first-order valence-electron chi connectivity index (χ1n) is 7.60. The largest absolute Gasteiger partial charge is 0.479 e. The highest BCUT2D eigenvalue weighted by Crippen LogP contribution is 2.18. The number of hydrogen-bond acceptors (Lipinski definition) is 2. The van der Waals surface area contributed by atoms with Gasteiger partial charge in [0, 0.05) is 6.42 Å². The quantitative estimate of drug-likeness (QED) is 0.861. The average molecular weight is 311 g/mol. The molecule has 0 fully saturated rings. The van der Waals surface area contributed by atoms with Crippen LogP contribution in [0.4, 0.5) is 0 Å². The molecule has 1 atom stereocenters. The second-order valence-electron chi connectivity index (χ2n) is 5.67. The van der Waals surface area contributed by atoms with Crippen LogP contribution >= 0.6 is 0 Å². The van der Waals surface area contributed by atoms with Crippen LogP contribution in [0, 0.1) is 13.8 Å². The predicted molar refractivity (Wildman–Crippen MR) is 89.2 cm³/mol. The number of carbonyl (C=O) groups is 2. The Labute approximate surface area is 136 Å². The lowest BCUT2D eigenvalue weighted by molar-refractivity contribution is -0.142. The molecule has 0 saturated heterocycles. The number of aryl methyl sites for hydroxylation is 3. The second kappa shape index (κ2) is 7.58. The number of carboxylic acid groups (broad SMARTS) is 1. The zero-order valence-corrected chi connectivity index (χ0v) is 13.4. The molecule has 2 N–H and O–H groups in total.